The lowest BCUT2D eigenvalue weighted by Crippen LogP contribution is -2.26. The fourth-order valence-electron chi connectivity index (χ4n) is 3.62. The van der Waals surface area contributed by atoms with Crippen LogP contribution < -0.4 is 10.2 Å². The molecule has 0 amide bonds. The van der Waals surface area contributed by atoms with Crippen LogP contribution in [0.25, 0.3) is 11.1 Å². The van der Waals surface area contributed by atoms with Gasteiger partial charge in [0.05, 0.1) is 0 Å². The second kappa shape index (κ2) is 4.55. The SMILES string of the molecule is CNc1cccc(-c2cc3c4c(c2)CCN4CCC3)c1. The summed E-state index contributed by atoms with van der Waals surface area (Å²) in [6.07, 6.45) is 3.74. The first-order valence-electron chi connectivity index (χ1n) is 7.54. The molecule has 0 saturated heterocycles. The van der Waals surface area contributed by atoms with E-state index in [0.717, 1.165) is 0 Å². The van der Waals surface area contributed by atoms with Crippen molar-refractivity contribution in [2.24, 2.45) is 0 Å². The number of nitrogens with zero attached hydrogens (tertiary/aromatic N) is 1. The highest BCUT2D eigenvalue weighted by atomic mass is 15.2. The van der Waals surface area contributed by atoms with Gasteiger partial charge < -0.3 is 10.2 Å². The smallest absolute Gasteiger partial charge is 0.0432 e. The molecule has 2 nitrogen and oxygen atoms in total. The fraction of sp³-hybridized carbons (Fsp3) is 0.333. The van der Waals surface area contributed by atoms with Crippen LogP contribution in [0.1, 0.15) is 17.5 Å². The zero-order valence-corrected chi connectivity index (χ0v) is 11.9. The van der Waals surface area contributed by atoms with Gasteiger partial charge in [0.1, 0.15) is 0 Å². The van der Waals surface area contributed by atoms with Crippen LogP contribution in [0.4, 0.5) is 11.4 Å². The van der Waals surface area contributed by atoms with Gasteiger partial charge in [-0.05, 0) is 65.8 Å². The minimum absolute atomic E-state index is 1.18. The zero-order chi connectivity index (χ0) is 13.5. The Morgan fingerprint density at radius 3 is 2.65 bits per heavy atom. The van der Waals surface area contributed by atoms with E-state index in [1.54, 1.807) is 16.8 Å². The third kappa shape index (κ3) is 1.79. The first-order valence-corrected chi connectivity index (χ1v) is 7.54. The predicted molar refractivity (Wildman–Crippen MR) is 85.7 cm³/mol. The minimum atomic E-state index is 1.18. The Kier molecular flexibility index (Phi) is 2.69. The molecule has 0 saturated carbocycles. The maximum absolute atomic E-state index is 3.23. The molecule has 2 aromatic rings. The van der Waals surface area contributed by atoms with E-state index in [2.05, 4.69) is 46.6 Å². The molecule has 20 heavy (non-hydrogen) atoms. The van der Waals surface area contributed by atoms with E-state index in [-0.39, 0.29) is 0 Å². The summed E-state index contributed by atoms with van der Waals surface area (Å²) in [7, 11) is 1.98. The van der Waals surface area contributed by atoms with E-state index < -0.39 is 0 Å². The Hall–Kier alpha value is -1.96. The Bertz CT molecular complexity index is 660. The first-order chi connectivity index (χ1) is 9.85. The molecule has 2 heterocycles. The monoisotopic (exact) mass is 264 g/mol. The highest BCUT2D eigenvalue weighted by molar-refractivity contribution is 5.76. The van der Waals surface area contributed by atoms with Crippen LogP contribution in [0.15, 0.2) is 36.4 Å². The van der Waals surface area contributed by atoms with Crippen LogP contribution in [0, 0.1) is 0 Å². The van der Waals surface area contributed by atoms with Gasteiger partial charge in [0.15, 0.2) is 0 Å². The molecule has 2 aliphatic heterocycles. The average Bonchev–Trinajstić information content (AvgIpc) is 2.92. The fourth-order valence-corrected chi connectivity index (χ4v) is 3.62. The summed E-state index contributed by atoms with van der Waals surface area (Å²) in [6, 6.07) is 13.5. The molecule has 4 rings (SSSR count). The highest BCUT2D eigenvalue weighted by Crippen LogP contribution is 2.39. The number of nitrogens with one attached hydrogen (secondary N) is 1. The van der Waals surface area contributed by atoms with Crippen molar-refractivity contribution in [1.29, 1.82) is 0 Å². The van der Waals surface area contributed by atoms with Crippen molar-refractivity contribution in [2.45, 2.75) is 19.3 Å². The summed E-state index contributed by atoms with van der Waals surface area (Å²) in [4.78, 5) is 2.57. The normalized spacial score (nSPS) is 16.1. The second-order valence-electron chi connectivity index (χ2n) is 5.81. The van der Waals surface area contributed by atoms with Crippen LogP contribution in [-0.4, -0.2) is 20.1 Å². The molecular weight excluding hydrogens is 244 g/mol. The van der Waals surface area contributed by atoms with Gasteiger partial charge in [0.2, 0.25) is 0 Å². The van der Waals surface area contributed by atoms with Gasteiger partial charge in [-0.2, -0.15) is 0 Å². The summed E-state index contributed by atoms with van der Waals surface area (Å²) in [5.74, 6) is 0. The van der Waals surface area contributed by atoms with Crippen molar-refractivity contribution in [1.82, 2.24) is 0 Å². The largest absolute Gasteiger partial charge is 0.388 e. The van der Waals surface area contributed by atoms with Crippen molar-refractivity contribution in [3.63, 3.8) is 0 Å². The van der Waals surface area contributed by atoms with E-state index in [1.165, 1.54) is 49.2 Å². The molecule has 0 atom stereocenters. The molecule has 0 spiro atoms. The van der Waals surface area contributed by atoms with Crippen molar-refractivity contribution < 1.29 is 0 Å². The van der Waals surface area contributed by atoms with Crippen LogP contribution in [-0.2, 0) is 12.8 Å². The van der Waals surface area contributed by atoms with Gasteiger partial charge in [0, 0.05) is 31.5 Å². The van der Waals surface area contributed by atoms with E-state index in [1.807, 2.05) is 7.05 Å². The molecule has 2 heteroatoms. The molecule has 2 aliphatic rings. The van der Waals surface area contributed by atoms with Crippen molar-refractivity contribution in [3.05, 3.63) is 47.5 Å². The Labute approximate surface area is 120 Å². The number of aryl methyl sites for hydroxylation is 1. The lowest BCUT2D eigenvalue weighted by atomic mass is 9.94. The summed E-state index contributed by atoms with van der Waals surface area (Å²) in [6.45, 7) is 2.46. The average molecular weight is 264 g/mol. The minimum Gasteiger partial charge on any atom is -0.388 e. The molecular formula is C18H20N2. The van der Waals surface area contributed by atoms with Crippen molar-refractivity contribution in [2.75, 3.05) is 30.4 Å². The molecule has 0 fully saturated rings. The third-order valence-electron chi connectivity index (χ3n) is 4.59. The second-order valence-corrected chi connectivity index (χ2v) is 5.81. The molecule has 1 N–H and O–H groups in total. The maximum Gasteiger partial charge on any atom is 0.0432 e. The lowest BCUT2D eigenvalue weighted by Gasteiger charge is -2.27. The summed E-state index contributed by atoms with van der Waals surface area (Å²) >= 11 is 0. The zero-order valence-electron chi connectivity index (χ0n) is 11.9. The number of hydrogen-bond donors (Lipinski definition) is 1. The molecule has 0 unspecified atom stereocenters. The van der Waals surface area contributed by atoms with Gasteiger partial charge in [-0.15, -0.1) is 0 Å². The molecule has 0 aromatic heterocycles. The maximum atomic E-state index is 3.23. The van der Waals surface area contributed by atoms with Gasteiger partial charge in [-0.25, -0.2) is 0 Å². The van der Waals surface area contributed by atoms with E-state index in [9.17, 15) is 0 Å². The van der Waals surface area contributed by atoms with Crippen LogP contribution in [0.3, 0.4) is 0 Å². The third-order valence-corrected chi connectivity index (χ3v) is 4.59. The quantitative estimate of drug-likeness (QED) is 0.889. The van der Waals surface area contributed by atoms with E-state index in [4.69, 9.17) is 0 Å². The summed E-state index contributed by atoms with van der Waals surface area (Å²) in [5, 5.41) is 3.23. The number of anilines is 2. The van der Waals surface area contributed by atoms with E-state index >= 15 is 0 Å². The van der Waals surface area contributed by atoms with Gasteiger partial charge >= 0.3 is 0 Å². The van der Waals surface area contributed by atoms with Gasteiger partial charge in [-0.1, -0.05) is 12.1 Å². The molecule has 102 valence electrons. The van der Waals surface area contributed by atoms with E-state index in [0.29, 0.717) is 0 Å². The summed E-state index contributed by atoms with van der Waals surface area (Å²) < 4.78 is 0. The Morgan fingerprint density at radius 1 is 0.950 bits per heavy atom. The van der Waals surface area contributed by atoms with Gasteiger partial charge in [-0.3, -0.25) is 0 Å². The molecule has 0 bridgehead atoms. The molecule has 0 radical (unpaired) electrons. The highest BCUT2D eigenvalue weighted by Gasteiger charge is 2.26. The topological polar surface area (TPSA) is 15.3 Å². The Balaban J connectivity index is 1.83. The number of hydrogen-bond acceptors (Lipinski definition) is 2. The first kappa shape index (κ1) is 11.8. The predicted octanol–water partition coefficient (Wildman–Crippen LogP) is 3.70. The van der Waals surface area contributed by atoms with Crippen molar-refractivity contribution in [3.8, 4) is 11.1 Å². The molecule has 2 aromatic carbocycles. The van der Waals surface area contributed by atoms with Crippen molar-refractivity contribution >= 4 is 11.4 Å². The lowest BCUT2D eigenvalue weighted by molar-refractivity contribution is 0.719. The number of rotatable bonds is 2. The van der Waals surface area contributed by atoms with Crippen LogP contribution in [0.5, 0.6) is 0 Å². The number of benzene rings is 2. The standard InChI is InChI=1S/C18H20N2/c1-19-17-6-2-4-13(12-17)16-10-14-5-3-8-20-9-7-15(11-16)18(14)20/h2,4,6,10-12,19H,3,5,7-9H2,1H3. The summed E-state index contributed by atoms with van der Waals surface area (Å²) in [5.41, 5.74) is 8.52. The van der Waals surface area contributed by atoms with Crippen LogP contribution in [0.2, 0.25) is 0 Å². The Morgan fingerprint density at radius 2 is 1.80 bits per heavy atom. The molecule has 0 aliphatic carbocycles. The van der Waals surface area contributed by atoms with Gasteiger partial charge in [0.25, 0.3) is 0 Å². The van der Waals surface area contributed by atoms with Crippen LogP contribution >= 0.6 is 0 Å².